The third kappa shape index (κ3) is 2.06. The number of aromatic nitrogens is 2. The summed E-state index contributed by atoms with van der Waals surface area (Å²) in [6.45, 7) is 3.13. The van der Waals surface area contributed by atoms with Gasteiger partial charge in [0.15, 0.2) is 14.9 Å². The van der Waals surface area contributed by atoms with Gasteiger partial charge in [0.2, 0.25) is 0 Å². The number of nitrogens with zero attached hydrogens (tertiary/aromatic N) is 2. The van der Waals surface area contributed by atoms with E-state index in [-0.39, 0.29) is 5.03 Å². The Morgan fingerprint density at radius 1 is 1.38 bits per heavy atom. The lowest BCUT2D eigenvalue weighted by molar-refractivity contribution is 0.588. The minimum Gasteiger partial charge on any atom is -0.223 e. The Labute approximate surface area is 78.7 Å². The van der Waals surface area contributed by atoms with E-state index in [2.05, 4.69) is 10.2 Å². The van der Waals surface area contributed by atoms with Gasteiger partial charge in [-0.2, -0.15) is 5.10 Å². The summed E-state index contributed by atoms with van der Waals surface area (Å²) in [6.07, 6.45) is 0. The standard InChI is InChI=1S/C7H9BN2O2S/c1-5-3-4-7(10-9-5)13(11,12)6(2)8/h3-4,6H,1-2H3. The maximum absolute atomic E-state index is 11.4. The molecule has 2 radical (unpaired) electrons. The minimum absolute atomic E-state index is 0.0758. The van der Waals surface area contributed by atoms with Crippen molar-refractivity contribution in [1.82, 2.24) is 10.2 Å². The SMILES string of the molecule is [B]C(C)S(=O)(=O)c1ccc(C)nn1. The summed E-state index contributed by atoms with van der Waals surface area (Å²) in [5, 5.41) is 6.17. The Hall–Kier alpha value is -0.905. The van der Waals surface area contributed by atoms with Crippen LogP contribution >= 0.6 is 0 Å². The number of aryl methyl sites for hydroxylation is 1. The van der Waals surface area contributed by atoms with Gasteiger partial charge in [-0.1, -0.05) is 6.92 Å². The molecule has 6 heteroatoms. The average Bonchev–Trinajstić information content (AvgIpc) is 2.04. The van der Waals surface area contributed by atoms with E-state index in [4.69, 9.17) is 7.85 Å². The highest BCUT2D eigenvalue weighted by molar-refractivity contribution is 7.93. The van der Waals surface area contributed by atoms with Gasteiger partial charge in [-0.25, -0.2) is 8.42 Å². The minimum atomic E-state index is -3.49. The van der Waals surface area contributed by atoms with Crippen LogP contribution in [0.1, 0.15) is 12.6 Å². The van der Waals surface area contributed by atoms with Crippen LogP contribution < -0.4 is 0 Å². The van der Waals surface area contributed by atoms with Crippen molar-refractivity contribution in [3.63, 3.8) is 0 Å². The van der Waals surface area contributed by atoms with Crippen molar-refractivity contribution in [2.45, 2.75) is 24.0 Å². The van der Waals surface area contributed by atoms with E-state index in [0.717, 1.165) is 0 Å². The van der Waals surface area contributed by atoms with Crippen molar-refractivity contribution in [2.75, 3.05) is 0 Å². The van der Waals surface area contributed by atoms with Crippen molar-refractivity contribution < 1.29 is 8.42 Å². The fourth-order valence-electron chi connectivity index (χ4n) is 0.729. The molecule has 0 aliphatic carbocycles. The Morgan fingerprint density at radius 3 is 2.38 bits per heavy atom. The first kappa shape index (κ1) is 10.2. The number of hydrogen-bond donors (Lipinski definition) is 0. The second kappa shape index (κ2) is 3.45. The first-order valence-electron chi connectivity index (χ1n) is 3.74. The normalized spacial score (nSPS) is 14.0. The molecule has 0 spiro atoms. The zero-order chi connectivity index (χ0) is 10.1. The maximum atomic E-state index is 11.4. The first-order chi connectivity index (χ1) is 5.94. The molecule has 0 saturated carbocycles. The van der Waals surface area contributed by atoms with Crippen LogP contribution in [-0.2, 0) is 9.84 Å². The summed E-state index contributed by atoms with van der Waals surface area (Å²) in [4.78, 5) is 0. The van der Waals surface area contributed by atoms with E-state index < -0.39 is 15.0 Å². The van der Waals surface area contributed by atoms with Crippen LogP contribution in [0.3, 0.4) is 0 Å². The zero-order valence-corrected chi connectivity index (χ0v) is 8.25. The Kier molecular flexibility index (Phi) is 2.70. The van der Waals surface area contributed by atoms with Crippen molar-refractivity contribution in [3.05, 3.63) is 17.8 Å². The molecule has 1 rings (SSSR count). The molecule has 13 heavy (non-hydrogen) atoms. The molecule has 1 heterocycles. The highest BCUT2D eigenvalue weighted by Crippen LogP contribution is 2.09. The number of hydrogen-bond acceptors (Lipinski definition) is 4. The molecule has 0 bridgehead atoms. The molecule has 68 valence electrons. The van der Waals surface area contributed by atoms with Gasteiger partial charge in [-0.3, -0.25) is 0 Å². The lowest BCUT2D eigenvalue weighted by Crippen LogP contribution is -2.19. The Morgan fingerprint density at radius 2 is 2.00 bits per heavy atom. The molecule has 1 atom stereocenters. The molecule has 0 aliphatic rings. The third-order valence-corrected chi connectivity index (χ3v) is 3.33. The topological polar surface area (TPSA) is 59.9 Å². The van der Waals surface area contributed by atoms with Crippen molar-refractivity contribution >= 4 is 17.7 Å². The summed E-state index contributed by atoms with van der Waals surface area (Å²) in [7, 11) is 1.80. The van der Waals surface area contributed by atoms with Crippen LogP contribution in [0, 0.1) is 6.92 Å². The first-order valence-corrected chi connectivity index (χ1v) is 5.29. The van der Waals surface area contributed by atoms with Crippen LogP contribution in [-0.4, -0.2) is 31.6 Å². The zero-order valence-electron chi connectivity index (χ0n) is 7.43. The van der Waals surface area contributed by atoms with Gasteiger partial charge in [0, 0.05) is 5.15 Å². The summed E-state index contributed by atoms with van der Waals surface area (Å²) in [5.74, 6) is 0. The second-order valence-corrected chi connectivity index (χ2v) is 5.01. The Balaban J connectivity index is 3.17. The predicted molar refractivity (Wildman–Crippen MR) is 49.2 cm³/mol. The largest absolute Gasteiger partial charge is 0.223 e. The average molecular weight is 196 g/mol. The highest BCUT2D eigenvalue weighted by Gasteiger charge is 2.20. The molecule has 0 aromatic carbocycles. The van der Waals surface area contributed by atoms with Crippen molar-refractivity contribution in [2.24, 2.45) is 0 Å². The lowest BCUT2D eigenvalue weighted by atomic mass is 10.1. The summed E-state index contributed by atoms with van der Waals surface area (Å²) >= 11 is 0. The van der Waals surface area contributed by atoms with Gasteiger partial charge in [0.05, 0.1) is 13.5 Å². The molecule has 1 unspecified atom stereocenters. The van der Waals surface area contributed by atoms with Crippen LogP contribution in [0.15, 0.2) is 17.2 Å². The lowest BCUT2D eigenvalue weighted by Gasteiger charge is -2.05. The fourth-order valence-corrected chi connectivity index (χ4v) is 1.52. The third-order valence-electron chi connectivity index (χ3n) is 1.55. The number of sulfone groups is 1. The molecule has 0 aliphatic heterocycles. The van der Waals surface area contributed by atoms with E-state index in [1.807, 2.05) is 0 Å². The number of rotatable bonds is 2. The smallest absolute Gasteiger partial charge is 0.191 e. The van der Waals surface area contributed by atoms with Gasteiger partial charge < -0.3 is 0 Å². The monoisotopic (exact) mass is 196 g/mol. The van der Waals surface area contributed by atoms with Gasteiger partial charge in [0.1, 0.15) is 0 Å². The quantitative estimate of drug-likeness (QED) is 0.628. The highest BCUT2D eigenvalue weighted by atomic mass is 32.2. The van der Waals surface area contributed by atoms with Crippen LogP contribution in [0.2, 0.25) is 0 Å². The van der Waals surface area contributed by atoms with E-state index >= 15 is 0 Å². The molecule has 0 N–H and O–H groups in total. The van der Waals surface area contributed by atoms with Gasteiger partial charge in [0.25, 0.3) is 0 Å². The van der Waals surface area contributed by atoms with E-state index in [1.54, 1.807) is 13.0 Å². The molecular weight excluding hydrogens is 187 g/mol. The maximum Gasteiger partial charge on any atom is 0.191 e. The van der Waals surface area contributed by atoms with Crippen LogP contribution in [0.25, 0.3) is 0 Å². The van der Waals surface area contributed by atoms with E-state index in [1.165, 1.54) is 13.0 Å². The Bertz CT molecular complexity index is 385. The van der Waals surface area contributed by atoms with E-state index in [0.29, 0.717) is 5.69 Å². The molecule has 4 nitrogen and oxygen atoms in total. The van der Waals surface area contributed by atoms with Crippen molar-refractivity contribution in [1.29, 1.82) is 0 Å². The van der Waals surface area contributed by atoms with Crippen LogP contribution in [0.4, 0.5) is 0 Å². The van der Waals surface area contributed by atoms with Crippen molar-refractivity contribution in [3.8, 4) is 0 Å². The predicted octanol–water partition coefficient (Wildman–Crippen LogP) is 0.0732. The molecular formula is C7H9BN2O2S. The molecule has 1 aromatic rings. The van der Waals surface area contributed by atoms with Crippen LogP contribution in [0.5, 0.6) is 0 Å². The molecule has 0 fully saturated rings. The van der Waals surface area contributed by atoms with Gasteiger partial charge in [-0.15, -0.1) is 5.10 Å². The second-order valence-electron chi connectivity index (χ2n) is 2.76. The van der Waals surface area contributed by atoms with E-state index in [9.17, 15) is 8.42 Å². The summed E-state index contributed by atoms with van der Waals surface area (Å²) in [6, 6.07) is 2.99. The molecule has 0 saturated heterocycles. The van der Waals surface area contributed by atoms with Gasteiger partial charge >= 0.3 is 0 Å². The fraction of sp³-hybridized carbons (Fsp3) is 0.429. The summed E-state index contributed by atoms with van der Waals surface area (Å²) < 4.78 is 22.8. The summed E-state index contributed by atoms with van der Waals surface area (Å²) in [5.41, 5.74) is 0.670. The van der Waals surface area contributed by atoms with Gasteiger partial charge in [-0.05, 0) is 19.1 Å². The molecule has 0 amide bonds. The molecule has 1 aromatic heterocycles.